The summed E-state index contributed by atoms with van der Waals surface area (Å²) in [6.07, 6.45) is 7.04. The summed E-state index contributed by atoms with van der Waals surface area (Å²) in [7, 11) is 0. The first-order valence-electron chi connectivity index (χ1n) is 6.55. The zero-order valence-electron chi connectivity index (χ0n) is 11.3. The second-order valence-electron chi connectivity index (χ2n) is 6.11. The van der Waals surface area contributed by atoms with E-state index in [0.717, 1.165) is 12.8 Å². The van der Waals surface area contributed by atoms with Crippen molar-refractivity contribution in [1.82, 2.24) is 0 Å². The molecule has 0 fully saturated rings. The quantitative estimate of drug-likeness (QED) is 0.623. The van der Waals surface area contributed by atoms with E-state index in [1.165, 1.54) is 25.7 Å². The van der Waals surface area contributed by atoms with Gasteiger partial charge in [-0.05, 0) is 24.2 Å². The maximum atomic E-state index is 9.78. The third-order valence-electron chi connectivity index (χ3n) is 3.23. The van der Waals surface area contributed by atoms with Gasteiger partial charge < -0.3 is 5.11 Å². The summed E-state index contributed by atoms with van der Waals surface area (Å²) in [4.78, 5) is 0. The Kier molecular flexibility index (Phi) is 7.25. The van der Waals surface area contributed by atoms with Crippen LogP contribution in [0.5, 0.6) is 0 Å². The highest BCUT2D eigenvalue weighted by molar-refractivity contribution is 4.64. The van der Waals surface area contributed by atoms with Crippen molar-refractivity contribution in [1.29, 1.82) is 0 Å². The minimum atomic E-state index is -0.0790. The molecule has 0 rings (SSSR count). The van der Waals surface area contributed by atoms with Crippen molar-refractivity contribution in [3.05, 3.63) is 0 Å². The molecule has 0 saturated heterocycles. The van der Waals surface area contributed by atoms with Gasteiger partial charge in [0.1, 0.15) is 0 Å². The Morgan fingerprint density at radius 1 is 1.07 bits per heavy atom. The lowest BCUT2D eigenvalue weighted by atomic mass is 9.89. The number of hydrogen-bond donors (Lipinski definition) is 1. The van der Waals surface area contributed by atoms with Gasteiger partial charge in [-0.2, -0.15) is 0 Å². The molecular formula is C14H30O. The second-order valence-corrected chi connectivity index (χ2v) is 6.11. The van der Waals surface area contributed by atoms with Gasteiger partial charge in [0, 0.05) is 0 Å². The molecule has 15 heavy (non-hydrogen) atoms. The Balaban J connectivity index is 3.39. The molecule has 0 aliphatic carbocycles. The van der Waals surface area contributed by atoms with Gasteiger partial charge in [-0.15, -0.1) is 0 Å². The van der Waals surface area contributed by atoms with Crippen molar-refractivity contribution in [3.8, 4) is 0 Å². The molecule has 0 heterocycles. The van der Waals surface area contributed by atoms with Crippen LogP contribution in [0.3, 0.4) is 0 Å². The molecule has 1 nitrogen and oxygen atoms in total. The largest absolute Gasteiger partial charge is 0.393 e. The number of rotatable bonds is 7. The number of hydrogen-bond acceptors (Lipinski definition) is 1. The van der Waals surface area contributed by atoms with Crippen LogP contribution < -0.4 is 0 Å². The van der Waals surface area contributed by atoms with Crippen LogP contribution in [0.4, 0.5) is 0 Å². The highest BCUT2D eigenvalue weighted by Crippen LogP contribution is 2.23. The standard InChI is InChI=1S/C14H30O/c1-6-12(2)13(15)10-8-7-9-11-14(3,4)5/h12-13,15H,6-11H2,1-5H3. The third-order valence-corrected chi connectivity index (χ3v) is 3.23. The van der Waals surface area contributed by atoms with E-state index < -0.39 is 0 Å². The molecule has 0 amide bonds. The van der Waals surface area contributed by atoms with Gasteiger partial charge >= 0.3 is 0 Å². The molecule has 2 unspecified atom stereocenters. The molecule has 0 spiro atoms. The van der Waals surface area contributed by atoms with Gasteiger partial charge in [-0.25, -0.2) is 0 Å². The van der Waals surface area contributed by atoms with E-state index in [1.807, 2.05) is 0 Å². The van der Waals surface area contributed by atoms with Crippen molar-refractivity contribution in [2.75, 3.05) is 0 Å². The van der Waals surface area contributed by atoms with Gasteiger partial charge in [0.15, 0.2) is 0 Å². The number of unbranched alkanes of at least 4 members (excludes halogenated alkanes) is 2. The topological polar surface area (TPSA) is 20.2 Å². The molecule has 1 N–H and O–H groups in total. The zero-order valence-corrected chi connectivity index (χ0v) is 11.3. The van der Waals surface area contributed by atoms with Crippen LogP contribution in [-0.2, 0) is 0 Å². The fourth-order valence-corrected chi connectivity index (χ4v) is 1.74. The summed E-state index contributed by atoms with van der Waals surface area (Å²) in [5, 5.41) is 9.78. The Bertz CT molecular complexity index is 146. The summed E-state index contributed by atoms with van der Waals surface area (Å²) in [6.45, 7) is 11.2. The average molecular weight is 214 g/mol. The lowest BCUT2D eigenvalue weighted by Gasteiger charge is -2.19. The summed E-state index contributed by atoms with van der Waals surface area (Å²) < 4.78 is 0. The van der Waals surface area contributed by atoms with Crippen molar-refractivity contribution in [2.24, 2.45) is 11.3 Å². The van der Waals surface area contributed by atoms with Gasteiger partial charge in [0.25, 0.3) is 0 Å². The van der Waals surface area contributed by atoms with E-state index in [1.54, 1.807) is 0 Å². The number of aliphatic hydroxyl groups excluding tert-OH is 1. The molecule has 0 saturated carbocycles. The molecule has 0 aromatic carbocycles. The highest BCUT2D eigenvalue weighted by Gasteiger charge is 2.12. The smallest absolute Gasteiger partial charge is 0.0565 e. The molecular weight excluding hydrogens is 184 g/mol. The third kappa shape index (κ3) is 8.92. The fourth-order valence-electron chi connectivity index (χ4n) is 1.74. The van der Waals surface area contributed by atoms with Crippen molar-refractivity contribution in [2.45, 2.75) is 79.2 Å². The summed E-state index contributed by atoms with van der Waals surface area (Å²) in [6, 6.07) is 0. The molecule has 0 aliphatic heterocycles. The van der Waals surface area contributed by atoms with Crippen LogP contribution in [0.25, 0.3) is 0 Å². The minimum Gasteiger partial charge on any atom is -0.393 e. The Hall–Kier alpha value is -0.0400. The maximum absolute atomic E-state index is 9.78. The fraction of sp³-hybridized carbons (Fsp3) is 1.00. The van der Waals surface area contributed by atoms with Crippen molar-refractivity contribution >= 4 is 0 Å². The van der Waals surface area contributed by atoms with Crippen LogP contribution in [0.15, 0.2) is 0 Å². The van der Waals surface area contributed by atoms with Crippen molar-refractivity contribution < 1.29 is 5.11 Å². The van der Waals surface area contributed by atoms with E-state index in [4.69, 9.17) is 0 Å². The van der Waals surface area contributed by atoms with E-state index >= 15 is 0 Å². The summed E-state index contributed by atoms with van der Waals surface area (Å²) in [5.41, 5.74) is 0.468. The Morgan fingerprint density at radius 3 is 2.13 bits per heavy atom. The van der Waals surface area contributed by atoms with Gasteiger partial charge in [0.2, 0.25) is 0 Å². The Labute approximate surface area is 96.3 Å². The molecule has 1 heteroatoms. The summed E-state index contributed by atoms with van der Waals surface area (Å²) >= 11 is 0. The van der Waals surface area contributed by atoms with Crippen LogP contribution in [0.1, 0.15) is 73.1 Å². The van der Waals surface area contributed by atoms with Crippen LogP contribution in [-0.4, -0.2) is 11.2 Å². The molecule has 0 bridgehead atoms. The predicted octanol–water partition coefficient (Wildman–Crippen LogP) is 4.39. The van der Waals surface area contributed by atoms with Crippen LogP contribution in [0.2, 0.25) is 0 Å². The van der Waals surface area contributed by atoms with Crippen LogP contribution >= 0.6 is 0 Å². The second kappa shape index (κ2) is 7.27. The molecule has 0 radical (unpaired) electrons. The SMILES string of the molecule is CCC(C)C(O)CCCCCC(C)(C)C. The first-order chi connectivity index (χ1) is 6.87. The number of aliphatic hydroxyl groups is 1. The first kappa shape index (κ1) is 15.0. The maximum Gasteiger partial charge on any atom is 0.0565 e. The van der Waals surface area contributed by atoms with Crippen molar-refractivity contribution in [3.63, 3.8) is 0 Å². The normalized spacial score (nSPS) is 16.4. The monoisotopic (exact) mass is 214 g/mol. The summed E-state index contributed by atoms with van der Waals surface area (Å²) in [5.74, 6) is 0.465. The first-order valence-corrected chi connectivity index (χ1v) is 6.55. The molecule has 0 aliphatic rings. The predicted molar refractivity (Wildman–Crippen MR) is 68.0 cm³/mol. The Morgan fingerprint density at radius 2 is 1.67 bits per heavy atom. The minimum absolute atomic E-state index is 0.0790. The van der Waals surface area contributed by atoms with E-state index in [9.17, 15) is 5.11 Å². The molecule has 2 atom stereocenters. The van der Waals surface area contributed by atoms with E-state index in [2.05, 4.69) is 34.6 Å². The van der Waals surface area contributed by atoms with E-state index in [-0.39, 0.29) is 6.10 Å². The van der Waals surface area contributed by atoms with Gasteiger partial charge in [0.05, 0.1) is 6.10 Å². The zero-order chi connectivity index (χ0) is 11.9. The molecule has 0 aromatic rings. The average Bonchev–Trinajstić information content (AvgIpc) is 2.14. The lowest BCUT2D eigenvalue weighted by molar-refractivity contribution is 0.102. The van der Waals surface area contributed by atoms with Gasteiger partial charge in [-0.3, -0.25) is 0 Å². The van der Waals surface area contributed by atoms with E-state index in [0.29, 0.717) is 11.3 Å². The lowest BCUT2D eigenvalue weighted by Crippen LogP contribution is -2.16. The molecule has 0 aromatic heterocycles. The molecule has 92 valence electrons. The van der Waals surface area contributed by atoms with Gasteiger partial charge in [-0.1, -0.05) is 60.3 Å². The van der Waals surface area contributed by atoms with Crippen LogP contribution in [0, 0.1) is 11.3 Å². The highest BCUT2D eigenvalue weighted by atomic mass is 16.3.